The average molecular weight is 426 g/mol. The van der Waals surface area contributed by atoms with E-state index < -0.39 is 11.7 Å². The van der Waals surface area contributed by atoms with Crippen molar-refractivity contribution in [3.63, 3.8) is 0 Å². The lowest BCUT2D eigenvalue weighted by atomic mass is 9.82. The summed E-state index contributed by atoms with van der Waals surface area (Å²) in [7, 11) is 0. The highest BCUT2D eigenvalue weighted by Crippen LogP contribution is 2.30. The number of amides is 2. The molecule has 30 heavy (non-hydrogen) atoms. The molecule has 2 amide bonds. The van der Waals surface area contributed by atoms with E-state index in [2.05, 4.69) is 18.7 Å². The van der Waals surface area contributed by atoms with E-state index >= 15 is 0 Å². The van der Waals surface area contributed by atoms with Crippen molar-refractivity contribution in [3.05, 3.63) is 0 Å². The van der Waals surface area contributed by atoms with Gasteiger partial charge in [-0.15, -0.1) is 0 Å². The van der Waals surface area contributed by atoms with Gasteiger partial charge < -0.3 is 9.64 Å². The standard InChI is InChI=1S/C23H43N3O4/c1-18(2)16-25(19(3)27)17-21(20-10-8-7-9-11-20)24-12-13-26(29-15-14-24)22(28)30-23(4,5)6/h18,20-21H,7-17H2,1-6H3. The number of hydroxylamine groups is 2. The van der Waals surface area contributed by atoms with Crippen molar-refractivity contribution in [2.45, 2.75) is 85.3 Å². The summed E-state index contributed by atoms with van der Waals surface area (Å²) in [6, 6.07) is 0.301. The highest BCUT2D eigenvalue weighted by Gasteiger charge is 2.34. The first-order chi connectivity index (χ1) is 14.1. The number of rotatable bonds is 6. The van der Waals surface area contributed by atoms with Crippen LogP contribution in [0.5, 0.6) is 0 Å². The molecule has 0 aromatic carbocycles. The van der Waals surface area contributed by atoms with Gasteiger partial charge in [-0.3, -0.25) is 14.5 Å². The van der Waals surface area contributed by atoms with Crippen LogP contribution >= 0.6 is 0 Å². The van der Waals surface area contributed by atoms with Crippen LogP contribution in [0.2, 0.25) is 0 Å². The molecule has 2 rings (SSSR count). The van der Waals surface area contributed by atoms with Gasteiger partial charge in [-0.05, 0) is 45.4 Å². The van der Waals surface area contributed by atoms with Gasteiger partial charge in [0.1, 0.15) is 5.60 Å². The smallest absolute Gasteiger partial charge is 0.434 e. The zero-order valence-corrected chi connectivity index (χ0v) is 20.0. The molecule has 0 aromatic heterocycles. The zero-order valence-electron chi connectivity index (χ0n) is 20.0. The average Bonchev–Trinajstić information content (AvgIpc) is 2.90. The number of hydrogen-bond acceptors (Lipinski definition) is 5. The third-order valence-electron chi connectivity index (χ3n) is 5.91. The molecule has 1 aliphatic carbocycles. The SMILES string of the molecule is CC(=O)N(CC(C)C)CC(C1CCCCC1)N1CCON(C(=O)OC(C)(C)C)CC1. The van der Waals surface area contributed by atoms with Crippen LogP contribution < -0.4 is 0 Å². The molecule has 0 spiro atoms. The second-order valence-corrected chi connectivity index (χ2v) is 10.2. The van der Waals surface area contributed by atoms with E-state index in [0.717, 1.165) is 26.2 Å². The molecule has 0 bridgehead atoms. The number of carbonyl (C=O) groups is 2. The summed E-state index contributed by atoms with van der Waals surface area (Å²) in [5.74, 6) is 1.17. The van der Waals surface area contributed by atoms with Gasteiger partial charge in [0.05, 0.1) is 13.2 Å². The number of hydrogen-bond donors (Lipinski definition) is 0. The van der Waals surface area contributed by atoms with Crippen molar-refractivity contribution in [2.24, 2.45) is 11.8 Å². The minimum absolute atomic E-state index is 0.144. The van der Waals surface area contributed by atoms with Gasteiger partial charge >= 0.3 is 6.09 Å². The van der Waals surface area contributed by atoms with Gasteiger partial charge in [0, 0.05) is 39.1 Å². The monoisotopic (exact) mass is 425 g/mol. The molecule has 1 aliphatic heterocycles. The quantitative estimate of drug-likeness (QED) is 0.645. The Morgan fingerprint density at radius 3 is 2.30 bits per heavy atom. The Bertz CT molecular complexity index is 555. The molecule has 2 aliphatic rings. The predicted octanol–water partition coefficient (Wildman–Crippen LogP) is 3.92. The van der Waals surface area contributed by atoms with Crippen LogP contribution in [0, 0.1) is 11.8 Å². The van der Waals surface area contributed by atoms with E-state index in [9.17, 15) is 9.59 Å². The van der Waals surface area contributed by atoms with Crippen LogP contribution in [0.1, 0.15) is 73.6 Å². The first-order valence-corrected chi connectivity index (χ1v) is 11.7. The fraction of sp³-hybridized carbons (Fsp3) is 0.913. The summed E-state index contributed by atoms with van der Waals surface area (Å²) >= 11 is 0. The van der Waals surface area contributed by atoms with Crippen LogP contribution in [-0.4, -0.2) is 77.8 Å². The maximum Gasteiger partial charge on any atom is 0.434 e. The van der Waals surface area contributed by atoms with Crippen molar-refractivity contribution in [2.75, 3.05) is 39.3 Å². The normalized spacial score (nSPS) is 20.7. The lowest BCUT2D eigenvalue weighted by molar-refractivity contribution is -0.137. The Balaban J connectivity index is 2.09. The second-order valence-electron chi connectivity index (χ2n) is 10.2. The van der Waals surface area contributed by atoms with Gasteiger partial charge in [-0.1, -0.05) is 33.1 Å². The summed E-state index contributed by atoms with van der Waals surface area (Å²) in [6.07, 6.45) is 5.83. The van der Waals surface area contributed by atoms with Gasteiger partial charge in [0.15, 0.2) is 0 Å². The molecule has 0 aromatic rings. The maximum atomic E-state index is 12.4. The molecule has 174 valence electrons. The second kappa shape index (κ2) is 11.3. The predicted molar refractivity (Wildman–Crippen MR) is 118 cm³/mol. The first-order valence-electron chi connectivity index (χ1n) is 11.7. The molecule has 1 atom stereocenters. The van der Waals surface area contributed by atoms with Gasteiger partial charge in [-0.25, -0.2) is 4.79 Å². The fourth-order valence-electron chi connectivity index (χ4n) is 4.53. The van der Waals surface area contributed by atoms with Crippen LogP contribution in [0.25, 0.3) is 0 Å². The molecule has 0 radical (unpaired) electrons. The Hall–Kier alpha value is -1.34. The molecular formula is C23H43N3O4. The zero-order chi connectivity index (χ0) is 22.3. The third kappa shape index (κ3) is 8.06. The summed E-state index contributed by atoms with van der Waals surface area (Å²) in [6.45, 7) is 15.5. The highest BCUT2D eigenvalue weighted by molar-refractivity contribution is 5.73. The summed E-state index contributed by atoms with van der Waals surface area (Å²) in [5.41, 5.74) is -0.546. The Labute approximate surface area is 183 Å². The topological polar surface area (TPSA) is 62.3 Å². The number of ether oxygens (including phenoxy) is 1. The van der Waals surface area contributed by atoms with Crippen LogP contribution in [0.3, 0.4) is 0 Å². The Morgan fingerprint density at radius 2 is 1.73 bits per heavy atom. The van der Waals surface area contributed by atoms with E-state index in [-0.39, 0.29) is 5.91 Å². The summed E-state index contributed by atoms with van der Waals surface area (Å²) in [4.78, 5) is 35.0. The van der Waals surface area contributed by atoms with E-state index in [1.807, 2.05) is 25.7 Å². The molecule has 2 fully saturated rings. The molecule has 1 saturated carbocycles. The minimum Gasteiger partial charge on any atom is -0.442 e. The molecule has 1 heterocycles. The van der Waals surface area contributed by atoms with Crippen molar-refractivity contribution in [1.82, 2.24) is 14.9 Å². The molecule has 7 nitrogen and oxygen atoms in total. The van der Waals surface area contributed by atoms with Crippen molar-refractivity contribution in [1.29, 1.82) is 0 Å². The Kier molecular flexibility index (Phi) is 9.41. The number of nitrogens with zero attached hydrogens (tertiary/aromatic N) is 3. The van der Waals surface area contributed by atoms with E-state index in [1.54, 1.807) is 6.92 Å². The van der Waals surface area contributed by atoms with Gasteiger partial charge in [-0.2, -0.15) is 5.06 Å². The number of carbonyl (C=O) groups excluding carboxylic acids is 2. The highest BCUT2D eigenvalue weighted by atomic mass is 16.7. The van der Waals surface area contributed by atoms with E-state index in [0.29, 0.717) is 31.0 Å². The lowest BCUT2D eigenvalue weighted by Gasteiger charge is -2.41. The lowest BCUT2D eigenvalue weighted by Crippen LogP contribution is -2.51. The van der Waals surface area contributed by atoms with Crippen LogP contribution in [0.4, 0.5) is 4.79 Å². The van der Waals surface area contributed by atoms with Crippen molar-refractivity contribution in [3.8, 4) is 0 Å². The van der Waals surface area contributed by atoms with Crippen molar-refractivity contribution >= 4 is 12.0 Å². The molecular weight excluding hydrogens is 382 g/mol. The van der Waals surface area contributed by atoms with E-state index in [4.69, 9.17) is 9.57 Å². The molecule has 1 unspecified atom stereocenters. The van der Waals surface area contributed by atoms with Crippen LogP contribution in [0.15, 0.2) is 0 Å². The Morgan fingerprint density at radius 1 is 1.07 bits per heavy atom. The molecule has 0 N–H and O–H groups in total. The maximum absolute atomic E-state index is 12.4. The van der Waals surface area contributed by atoms with Gasteiger partial charge in [0.2, 0.25) is 5.91 Å². The van der Waals surface area contributed by atoms with Gasteiger partial charge in [0.25, 0.3) is 0 Å². The van der Waals surface area contributed by atoms with Crippen LogP contribution in [-0.2, 0) is 14.4 Å². The molecule has 7 heteroatoms. The van der Waals surface area contributed by atoms with Crippen molar-refractivity contribution < 1.29 is 19.2 Å². The first kappa shape index (κ1) is 24.9. The molecule has 1 saturated heterocycles. The third-order valence-corrected chi connectivity index (χ3v) is 5.91. The summed E-state index contributed by atoms with van der Waals surface area (Å²) < 4.78 is 5.48. The largest absolute Gasteiger partial charge is 0.442 e. The summed E-state index contributed by atoms with van der Waals surface area (Å²) in [5, 5.41) is 1.36. The fourth-order valence-corrected chi connectivity index (χ4v) is 4.53. The minimum atomic E-state index is -0.546. The van der Waals surface area contributed by atoms with E-state index in [1.165, 1.54) is 37.2 Å².